The van der Waals surface area contributed by atoms with Crippen LogP contribution in [0.25, 0.3) is 0 Å². The molecule has 4 aromatic rings. The van der Waals surface area contributed by atoms with Crippen molar-refractivity contribution in [3.8, 4) is 0 Å². The van der Waals surface area contributed by atoms with Gasteiger partial charge in [-0.3, -0.25) is 4.79 Å². The van der Waals surface area contributed by atoms with E-state index >= 15 is 0 Å². The van der Waals surface area contributed by atoms with Crippen LogP contribution in [0.1, 0.15) is 17.3 Å². The predicted molar refractivity (Wildman–Crippen MR) is 136 cm³/mol. The molecule has 1 heterocycles. The van der Waals surface area contributed by atoms with Crippen LogP contribution in [0.5, 0.6) is 0 Å². The number of ketones is 1. The smallest absolute Gasteiger partial charge is 0.485 e. The highest BCUT2D eigenvalue weighted by atomic mass is 32.2. The first kappa shape index (κ1) is 28.0. The maximum Gasteiger partial charge on any atom is 0.485 e. The fourth-order valence-corrected chi connectivity index (χ4v) is 7.80. The van der Waals surface area contributed by atoms with Crippen LogP contribution in [0.15, 0.2) is 120 Å². The normalized spacial score (nSPS) is 11.6. The second-order valence-corrected chi connectivity index (χ2v) is 13.2. The molecule has 0 bridgehead atoms. The first-order valence-electron chi connectivity index (χ1n) is 10.2. The predicted octanol–water partition coefficient (Wildman–Crippen LogP) is 7.25. The summed E-state index contributed by atoms with van der Waals surface area (Å²) in [5.74, 6) is 0.102. The van der Waals surface area contributed by atoms with Gasteiger partial charge in [-0.25, -0.2) is 8.42 Å². The van der Waals surface area contributed by atoms with Crippen molar-refractivity contribution in [1.29, 1.82) is 0 Å². The first-order valence-corrected chi connectivity index (χ1v) is 14.5. The Bertz CT molecular complexity index is 1350. The Hall–Kier alpha value is -2.57. The van der Waals surface area contributed by atoms with E-state index in [0.29, 0.717) is 0 Å². The first-order chi connectivity index (χ1) is 17.0. The van der Waals surface area contributed by atoms with E-state index in [4.69, 9.17) is 13.0 Å². The molecule has 0 amide bonds. The van der Waals surface area contributed by atoms with Gasteiger partial charge < -0.3 is 4.55 Å². The molecule has 0 saturated heterocycles. The lowest BCUT2D eigenvalue weighted by Gasteiger charge is -2.08. The molecule has 0 saturated carbocycles. The van der Waals surface area contributed by atoms with Crippen LogP contribution in [0.2, 0.25) is 0 Å². The van der Waals surface area contributed by atoms with Gasteiger partial charge in [0.15, 0.2) is 25.7 Å². The molecule has 0 aliphatic rings. The Morgan fingerprint density at radius 3 is 1.72 bits per heavy atom. The third kappa shape index (κ3) is 7.71. The Kier molecular flexibility index (Phi) is 9.42. The second kappa shape index (κ2) is 12.1. The van der Waals surface area contributed by atoms with Crippen molar-refractivity contribution in [1.82, 2.24) is 0 Å². The fourth-order valence-electron chi connectivity index (χ4n) is 2.82. The molecule has 188 valence electrons. The number of hydrogen-bond acceptors (Lipinski definition) is 6. The summed E-state index contributed by atoms with van der Waals surface area (Å²) in [5, 5.41) is 0. The Labute approximate surface area is 218 Å². The highest BCUT2D eigenvalue weighted by Crippen LogP contribution is 2.40. The number of Topliss-reactive ketones (excluding diaryl/α,β-unsaturated/α-hetero) is 1. The molecular formula is C25H19F3O4S4. The molecule has 0 unspecified atom stereocenters. The van der Waals surface area contributed by atoms with Crippen LogP contribution in [0.4, 0.5) is 13.2 Å². The van der Waals surface area contributed by atoms with Crippen molar-refractivity contribution in [3.05, 3.63) is 103 Å². The van der Waals surface area contributed by atoms with Crippen LogP contribution in [0, 0.1) is 0 Å². The number of carbonyl (C=O) groups excluding carboxylic acids is 1. The van der Waals surface area contributed by atoms with E-state index in [1.165, 1.54) is 18.2 Å². The van der Waals surface area contributed by atoms with E-state index in [2.05, 4.69) is 72.8 Å². The average molecular weight is 569 g/mol. The van der Waals surface area contributed by atoms with Crippen molar-refractivity contribution in [2.45, 2.75) is 35.5 Å². The molecule has 0 aliphatic heterocycles. The van der Waals surface area contributed by atoms with Gasteiger partial charge in [0.1, 0.15) is 10.9 Å². The van der Waals surface area contributed by atoms with Gasteiger partial charge in [0.2, 0.25) is 4.21 Å². The van der Waals surface area contributed by atoms with Gasteiger partial charge in [-0.2, -0.15) is 13.2 Å². The number of alkyl halides is 3. The number of halogens is 3. The van der Waals surface area contributed by atoms with Gasteiger partial charge in [-0.05, 0) is 49.4 Å². The summed E-state index contributed by atoms with van der Waals surface area (Å²) in [7, 11) is -6.19. The van der Waals surface area contributed by atoms with Crippen molar-refractivity contribution < 1.29 is 30.9 Å². The van der Waals surface area contributed by atoms with E-state index in [1.54, 1.807) is 18.7 Å². The number of thiophene rings is 1. The summed E-state index contributed by atoms with van der Waals surface area (Å²) in [4.78, 5) is 15.3. The van der Waals surface area contributed by atoms with Gasteiger partial charge in [0.05, 0.1) is 4.21 Å². The SMILES string of the molecule is CC(=O)c1ccc(Sc2ccc([S+](c3ccccc3)c3ccccc3)s2)cc1.O=S(=O)([O-])C(F)(F)F. The molecular weight excluding hydrogens is 550 g/mol. The van der Waals surface area contributed by atoms with Crippen LogP contribution in [0.3, 0.4) is 0 Å². The Morgan fingerprint density at radius 2 is 1.31 bits per heavy atom. The largest absolute Gasteiger partial charge is 0.741 e. The number of hydrogen-bond donors (Lipinski definition) is 0. The van der Waals surface area contributed by atoms with Gasteiger partial charge in [-0.1, -0.05) is 71.6 Å². The quantitative estimate of drug-likeness (QED) is 0.106. The van der Waals surface area contributed by atoms with Crippen LogP contribution in [-0.2, 0) is 21.0 Å². The molecule has 0 aliphatic carbocycles. The molecule has 0 radical (unpaired) electrons. The van der Waals surface area contributed by atoms with Crippen LogP contribution < -0.4 is 0 Å². The van der Waals surface area contributed by atoms with Gasteiger partial charge in [-0.15, -0.1) is 0 Å². The van der Waals surface area contributed by atoms with Crippen LogP contribution in [-0.4, -0.2) is 24.3 Å². The molecule has 0 fully saturated rings. The Morgan fingerprint density at radius 1 is 0.833 bits per heavy atom. The summed E-state index contributed by atoms with van der Waals surface area (Å²) >= 11 is 3.59. The molecule has 0 N–H and O–H groups in total. The van der Waals surface area contributed by atoms with Crippen molar-refractivity contribution in [2.75, 3.05) is 0 Å². The second-order valence-electron chi connectivity index (χ2n) is 7.09. The molecule has 0 atom stereocenters. The minimum Gasteiger partial charge on any atom is -0.741 e. The van der Waals surface area contributed by atoms with E-state index in [0.717, 1.165) is 10.5 Å². The van der Waals surface area contributed by atoms with Crippen LogP contribution >= 0.6 is 23.1 Å². The fraction of sp³-hybridized carbons (Fsp3) is 0.0800. The molecule has 3 aromatic carbocycles. The van der Waals surface area contributed by atoms with E-state index < -0.39 is 15.6 Å². The Balaban J connectivity index is 0.000000392. The van der Waals surface area contributed by atoms with Gasteiger partial charge in [0.25, 0.3) is 0 Å². The number of carbonyl (C=O) groups is 1. The maximum absolute atomic E-state index is 11.5. The van der Waals surface area contributed by atoms with Gasteiger partial charge >= 0.3 is 5.51 Å². The highest BCUT2D eigenvalue weighted by Gasteiger charge is 2.37. The summed E-state index contributed by atoms with van der Waals surface area (Å²) in [6.45, 7) is 1.60. The zero-order chi connectivity index (χ0) is 26.3. The number of rotatable bonds is 6. The van der Waals surface area contributed by atoms with E-state index in [-0.39, 0.29) is 16.7 Å². The lowest BCUT2D eigenvalue weighted by Crippen LogP contribution is -2.21. The van der Waals surface area contributed by atoms with Crippen molar-refractivity contribution >= 4 is 49.9 Å². The number of benzene rings is 3. The molecule has 4 rings (SSSR count). The zero-order valence-corrected chi connectivity index (χ0v) is 21.9. The highest BCUT2D eigenvalue weighted by molar-refractivity contribution is 8.02. The van der Waals surface area contributed by atoms with E-state index in [1.807, 2.05) is 35.6 Å². The summed E-state index contributed by atoms with van der Waals surface area (Å²) in [5.41, 5.74) is -4.89. The topological polar surface area (TPSA) is 74.3 Å². The molecule has 1 aromatic heterocycles. The van der Waals surface area contributed by atoms with Gasteiger partial charge in [0, 0.05) is 16.5 Å². The average Bonchev–Trinajstić information content (AvgIpc) is 3.28. The minimum atomic E-state index is -6.09. The third-order valence-electron chi connectivity index (χ3n) is 4.48. The summed E-state index contributed by atoms with van der Waals surface area (Å²) < 4.78 is 61.5. The summed E-state index contributed by atoms with van der Waals surface area (Å²) in [6.07, 6.45) is 0. The lowest BCUT2D eigenvalue weighted by molar-refractivity contribution is -0.0517. The molecule has 4 nitrogen and oxygen atoms in total. The zero-order valence-electron chi connectivity index (χ0n) is 18.6. The minimum absolute atomic E-state index is 0.101. The standard InChI is InChI=1S/C24H19OS3.CHF3O3S/c1-18(25)19-12-14-20(15-13-19)26-23-16-17-24(27-23)28(21-8-4-2-5-9-21)22-10-6-3-7-11-22;2-1(3,4)8(5,6)7/h2-17H,1H3;(H,5,6,7)/q+1;/p-1. The van der Waals surface area contributed by atoms with E-state index in [9.17, 15) is 18.0 Å². The lowest BCUT2D eigenvalue weighted by atomic mass is 10.2. The molecule has 36 heavy (non-hydrogen) atoms. The van der Waals surface area contributed by atoms with Crippen molar-refractivity contribution in [3.63, 3.8) is 0 Å². The summed E-state index contributed by atoms with van der Waals surface area (Å²) in [6, 6.07) is 33.7. The molecule has 11 heteroatoms. The monoisotopic (exact) mass is 568 g/mol. The van der Waals surface area contributed by atoms with Crippen molar-refractivity contribution in [2.24, 2.45) is 0 Å². The maximum atomic E-state index is 11.5. The molecule has 0 spiro atoms. The third-order valence-corrected chi connectivity index (χ3v) is 9.84.